The van der Waals surface area contributed by atoms with Crippen LogP contribution in [0.5, 0.6) is 0 Å². The minimum atomic E-state index is -4.60. The number of halogens is 4. The minimum Gasteiger partial charge on any atom is -0.368 e. The van der Waals surface area contributed by atoms with Gasteiger partial charge in [0.15, 0.2) is 0 Å². The first-order valence-corrected chi connectivity index (χ1v) is 11.4. The number of urea groups is 1. The number of piperazine rings is 1. The molecular weight excluding hydrogens is 453 g/mol. The summed E-state index contributed by atoms with van der Waals surface area (Å²) in [4.78, 5) is 19.4. The van der Waals surface area contributed by atoms with Gasteiger partial charge in [-0.2, -0.15) is 13.2 Å². The summed E-state index contributed by atoms with van der Waals surface area (Å²) in [5, 5.41) is 2.06. The van der Waals surface area contributed by atoms with Gasteiger partial charge < -0.3 is 10.2 Å². The van der Waals surface area contributed by atoms with E-state index >= 15 is 0 Å². The quantitative estimate of drug-likeness (QED) is 0.591. The van der Waals surface area contributed by atoms with Crippen LogP contribution in [-0.2, 0) is 12.6 Å². The van der Waals surface area contributed by atoms with Crippen molar-refractivity contribution in [1.82, 2.24) is 4.90 Å². The van der Waals surface area contributed by atoms with Crippen LogP contribution in [0.15, 0.2) is 30.3 Å². The second-order valence-electron chi connectivity index (χ2n) is 9.03. The van der Waals surface area contributed by atoms with Gasteiger partial charge in [-0.25, -0.2) is 4.79 Å². The molecule has 0 spiro atoms. The van der Waals surface area contributed by atoms with Crippen molar-refractivity contribution in [2.45, 2.75) is 45.5 Å². The molecule has 0 aliphatic carbocycles. The maximum absolute atomic E-state index is 13.2. The van der Waals surface area contributed by atoms with Gasteiger partial charge in [0.05, 0.1) is 22.0 Å². The summed E-state index contributed by atoms with van der Waals surface area (Å²) in [5.74, 6) is 0. The molecule has 2 unspecified atom stereocenters. The average molecular weight is 481 g/mol. The number of nitrogens with one attached hydrogen (secondary N) is 1. The number of amides is 2. The van der Waals surface area contributed by atoms with E-state index in [2.05, 4.69) is 49.0 Å². The van der Waals surface area contributed by atoms with Crippen molar-refractivity contribution in [3.63, 3.8) is 0 Å². The Hall–Kier alpha value is -2.45. The second-order valence-corrected chi connectivity index (χ2v) is 9.41. The highest BCUT2D eigenvalue weighted by Gasteiger charge is 2.35. The Labute approximate surface area is 197 Å². The zero-order chi connectivity index (χ0) is 24.1. The van der Waals surface area contributed by atoms with E-state index in [1.54, 1.807) is 4.90 Å². The normalized spacial score (nSPS) is 21.3. The van der Waals surface area contributed by atoms with Crippen molar-refractivity contribution in [3.8, 4) is 0 Å². The lowest BCUT2D eigenvalue weighted by Gasteiger charge is -2.44. The zero-order valence-corrected chi connectivity index (χ0v) is 19.9. The standard InChI is InChI=1S/C24H28ClF3N4O/c1-14-10-17-8-9-32(21(17)11-20(14)31-12-15(2)30(4)16(3)13-31)23(33)29-19-7-5-6-18(22(19)25)24(26,27)28/h5-7,10-11,15-16H,8-9,12-13H2,1-4H3,(H,29,33). The molecule has 0 radical (unpaired) electrons. The number of hydrogen-bond acceptors (Lipinski definition) is 3. The molecule has 178 valence electrons. The monoisotopic (exact) mass is 480 g/mol. The maximum Gasteiger partial charge on any atom is 0.417 e. The van der Waals surface area contributed by atoms with Crippen molar-refractivity contribution in [1.29, 1.82) is 0 Å². The van der Waals surface area contributed by atoms with Crippen LogP contribution in [-0.4, -0.2) is 49.7 Å². The van der Waals surface area contributed by atoms with Gasteiger partial charge in [0.1, 0.15) is 0 Å². The molecule has 2 heterocycles. The molecule has 0 saturated carbocycles. The van der Waals surface area contributed by atoms with E-state index in [1.165, 1.54) is 12.1 Å². The molecule has 2 aromatic rings. The first-order valence-electron chi connectivity index (χ1n) is 11.0. The molecule has 2 atom stereocenters. The fourth-order valence-electron chi connectivity index (χ4n) is 4.73. The number of anilines is 3. The summed E-state index contributed by atoms with van der Waals surface area (Å²) in [6, 6.07) is 7.95. The number of nitrogens with zero attached hydrogens (tertiary/aromatic N) is 3. The molecule has 33 heavy (non-hydrogen) atoms. The van der Waals surface area contributed by atoms with Crippen molar-refractivity contribution < 1.29 is 18.0 Å². The molecule has 1 fully saturated rings. The van der Waals surface area contributed by atoms with E-state index in [0.717, 1.165) is 41.7 Å². The number of carbonyl (C=O) groups is 1. The molecule has 5 nitrogen and oxygen atoms in total. The Balaban J connectivity index is 1.60. The lowest BCUT2D eigenvalue weighted by atomic mass is 10.0. The van der Waals surface area contributed by atoms with Crippen molar-refractivity contribution >= 4 is 34.7 Å². The second kappa shape index (κ2) is 8.72. The molecule has 0 aromatic heterocycles. The molecule has 1 saturated heterocycles. The molecule has 9 heteroatoms. The highest BCUT2D eigenvalue weighted by molar-refractivity contribution is 6.34. The molecule has 0 bridgehead atoms. The smallest absolute Gasteiger partial charge is 0.368 e. The van der Waals surface area contributed by atoms with E-state index in [9.17, 15) is 18.0 Å². The number of aryl methyl sites for hydroxylation is 1. The van der Waals surface area contributed by atoms with Gasteiger partial charge in [0, 0.05) is 37.4 Å². The Morgan fingerprint density at radius 3 is 2.42 bits per heavy atom. The lowest BCUT2D eigenvalue weighted by molar-refractivity contribution is -0.137. The topological polar surface area (TPSA) is 38.8 Å². The van der Waals surface area contributed by atoms with Crippen LogP contribution in [0.25, 0.3) is 0 Å². The van der Waals surface area contributed by atoms with E-state index < -0.39 is 22.8 Å². The van der Waals surface area contributed by atoms with Gasteiger partial charge in [-0.15, -0.1) is 0 Å². The summed E-state index contributed by atoms with van der Waals surface area (Å²) in [7, 11) is 2.13. The van der Waals surface area contributed by atoms with Gasteiger partial charge in [0.25, 0.3) is 0 Å². The van der Waals surface area contributed by atoms with Crippen LogP contribution in [0.4, 0.5) is 35.0 Å². The first-order chi connectivity index (χ1) is 15.5. The summed E-state index contributed by atoms with van der Waals surface area (Å²) in [6.07, 6.45) is -3.91. The molecule has 1 N–H and O–H groups in total. The number of rotatable bonds is 2. The number of alkyl halides is 3. The van der Waals surface area contributed by atoms with Crippen LogP contribution >= 0.6 is 11.6 Å². The molecule has 4 rings (SSSR count). The first kappa shape index (κ1) is 23.7. The summed E-state index contributed by atoms with van der Waals surface area (Å²) in [6.45, 7) is 8.69. The average Bonchev–Trinajstić information content (AvgIpc) is 3.14. The highest BCUT2D eigenvalue weighted by atomic mass is 35.5. The predicted octanol–water partition coefficient (Wildman–Crippen LogP) is 5.79. The van der Waals surface area contributed by atoms with Crippen LogP contribution in [0, 0.1) is 6.92 Å². The Kier molecular flexibility index (Phi) is 6.26. The minimum absolute atomic E-state index is 0.0565. The largest absolute Gasteiger partial charge is 0.417 e. The van der Waals surface area contributed by atoms with E-state index in [1.807, 2.05) is 6.07 Å². The fourth-order valence-corrected chi connectivity index (χ4v) is 5.01. The summed E-state index contributed by atoms with van der Waals surface area (Å²) >= 11 is 5.97. The van der Waals surface area contributed by atoms with Gasteiger partial charge >= 0.3 is 12.2 Å². The van der Waals surface area contributed by atoms with Crippen LogP contribution in [0.3, 0.4) is 0 Å². The van der Waals surface area contributed by atoms with Crippen LogP contribution in [0.2, 0.25) is 5.02 Å². The van der Waals surface area contributed by atoms with E-state index in [-0.39, 0.29) is 5.69 Å². The van der Waals surface area contributed by atoms with E-state index in [4.69, 9.17) is 11.6 Å². The Bertz CT molecular complexity index is 1060. The molecule has 2 amide bonds. The zero-order valence-electron chi connectivity index (χ0n) is 19.1. The van der Waals surface area contributed by atoms with E-state index in [0.29, 0.717) is 25.0 Å². The van der Waals surface area contributed by atoms with Crippen LogP contribution in [0.1, 0.15) is 30.5 Å². The third kappa shape index (κ3) is 4.51. The Morgan fingerprint density at radius 1 is 1.12 bits per heavy atom. The highest BCUT2D eigenvalue weighted by Crippen LogP contribution is 2.39. The summed E-state index contributed by atoms with van der Waals surface area (Å²) < 4.78 is 39.6. The number of carbonyl (C=O) groups excluding carboxylic acids is 1. The molecule has 2 aromatic carbocycles. The number of benzene rings is 2. The fraction of sp³-hybridized carbons (Fsp3) is 0.458. The van der Waals surface area contributed by atoms with Crippen molar-refractivity contribution in [2.75, 3.05) is 41.8 Å². The third-order valence-electron chi connectivity index (χ3n) is 6.78. The van der Waals surface area contributed by atoms with Gasteiger partial charge in [0.2, 0.25) is 0 Å². The van der Waals surface area contributed by atoms with Crippen LogP contribution < -0.4 is 15.1 Å². The van der Waals surface area contributed by atoms with Crippen molar-refractivity contribution in [2.24, 2.45) is 0 Å². The van der Waals surface area contributed by atoms with Gasteiger partial charge in [-0.3, -0.25) is 9.80 Å². The van der Waals surface area contributed by atoms with Gasteiger partial charge in [-0.1, -0.05) is 23.7 Å². The third-order valence-corrected chi connectivity index (χ3v) is 7.19. The number of likely N-dealkylation sites (N-methyl/N-ethyl adjacent to an activating group) is 1. The summed E-state index contributed by atoms with van der Waals surface area (Å²) in [5.41, 5.74) is 3.05. The van der Waals surface area contributed by atoms with Gasteiger partial charge in [-0.05, 0) is 63.6 Å². The predicted molar refractivity (Wildman–Crippen MR) is 127 cm³/mol. The number of hydrogen-bond donors (Lipinski definition) is 1. The molecule has 2 aliphatic rings. The van der Waals surface area contributed by atoms with Crippen molar-refractivity contribution in [3.05, 3.63) is 52.0 Å². The molecule has 2 aliphatic heterocycles. The molecular formula is C24H28ClF3N4O. The maximum atomic E-state index is 13.2. The Morgan fingerprint density at radius 2 is 1.79 bits per heavy atom. The lowest BCUT2D eigenvalue weighted by Crippen LogP contribution is -2.55. The number of fused-ring (bicyclic) bond motifs is 1. The SMILES string of the molecule is Cc1cc2c(cc1N1CC(C)N(C)C(C)C1)N(C(=O)Nc1cccc(C(F)(F)F)c1Cl)CC2.